The van der Waals surface area contributed by atoms with Gasteiger partial charge in [-0.25, -0.2) is 0 Å². The second kappa shape index (κ2) is 27.3. The van der Waals surface area contributed by atoms with Gasteiger partial charge in [0.2, 0.25) is 0 Å². The van der Waals surface area contributed by atoms with Crippen molar-refractivity contribution in [2.45, 2.75) is 123 Å². The fraction of sp³-hybridized carbons (Fsp3) is 0.833. The number of allylic oxidation sites excluding steroid dienone is 4. The van der Waals surface area contributed by atoms with E-state index in [2.05, 4.69) is 137 Å². The monoisotopic (exact) mass is 504 g/mol. The van der Waals surface area contributed by atoms with Gasteiger partial charge < -0.3 is 20.4 Å². The van der Waals surface area contributed by atoms with E-state index in [0.717, 1.165) is 5.71 Å². The molecule has 0 saturated carbocycles. The molecule has 0 heterocycles. The number of nitrogens with one attached hydrogen (secondary N) is 2. The molecule has 0 atom stereocenters. The van der Waals surface area contributed by atoms with Gasteiger partial charge in [-0.3, -0.25) is 4.99 Å². The van der Waals surface area contributed by atoms with Crippen LogP contribution in [0, 0.1) is 0 Å². The zero-order valence-electron chi connectivity index (χ0n) is 26.8. The highest BCUT2D eigenvalue weighted by Crippen LogP contribution is 2.05. The van der Waals surface area contributed by atoms with E-state index in [1.54, 1.807) is 7.05 Å². The molecule has 0 bridgehead atoms. The lowest BCUT2D eigenvalue weighted by molar-refractivity contribution is 0.219. The SMILES string of the molecule is C.C.CC(C)=C(C)N(C)C.CN(C)C(C)(C)C.CN=C(C)C.CNC(C)(C)C.CNC(C)=C(C)C. The molecule has 0 aliphatic heterocycles. The van der Waals surface area contributed by atoms with Crippen LogP contribution in [0.1, 0.15) is 112 Å². The Kier molecular flexibility index (Phi) is 39.4. The average molecular weight is 504 g/mol. The van der Waals surface area contributed by atoms with Gasteiger partial charge in [0.25, 0.3) is 0 Å². The Morgan fingerprint density at radius 3 is 0.914 bits per heavy atom. The summed E-state index contributed by atoms with van der Waals surface area (Å²) in [7, 11) is 14.0. The van der Waals surface area contributed by atoms with Crippen molar-refractivity contribution in [3.05, 3.63) is 22.5 Å². The Labute approximate surface area is 225 Å². The van der Waals surface area contributed by atoms with Crippen LogP contribution < -0.4 is 10.6 Å². The minimum Gasteiger partial charge on any atom is -0.392 e. The van der Waals surface area contributed by atoms with E-state index < -0.39 is 0 Å². The summed E-state index contributed by atoms with van der Waals surface area (Å²) in [4.78, 5) is 8.11. The van der Waals surface area contributed by atoms with E-state index >= 15 is 0 Å². The van der Waals surface area contributed by atoms with Crippen molar-refractivity contribution in [3.8, 4) is 0 Å². The van der Waals surface area contributed by atoms with Gasteiger partial charge in [-0.15, -0.1) is 0 Å². The summed E-state index contributed by atoms with van der Waals surface area (Å²) in [5.74, 6) is 0. The topological polar surface area (TPSA) is 42.9 Å². The zero-order valence-corrected chi connectivity index (χ0v) is 26.8. The summed E-state index contributed by atoms with van der Waals surface area (Å²) in [5, 5.41) is 6.15. The van der Waals surface area contributed by atoms with Gasteiger partial charge in [-0.1, -0.05) is 26.0 Å². The van der Waals surface area contributed by atoms with E-state index in [1.807, 2.05) is 27.9 Å². The van der Waals surface area contributed by atoms with Gasteiger partial charge in [0.15, 0.2) is 0 Å². The summed E-state index contributed by atoms with van der Waals surface area (Å²) < 4.78 is 0. The lowest BCUT2D eigenvalue weighted by Gasteiger charge is -2.27. The third-order valence-electron chi connectivity index (χ3n) is 5.06. The fourth-order valence-electron chi connectivity index (χ4n) is 0.697. The van der Waals surface area contributed by atoms with Crippen LogP contribution in [0.15, 0.2) is 27.5 Å². The highest BCUT2D eigenvalue weighted by Gasteiger charge is 2.10. The molecule has 0 unspecified atom stereocenters. The highest BCUT2D eigenvalue weighted by molar-refractivity contribution is 5.78. The van der Waals surface area contributed by atoms with Crippen molar-refractivity contribution < 1.29 is 0 Å². The number of hydrogen-bond acceptors (Lipinski definition) is 5. The van der Waals surface area contributed by atoms with E-state index in [9.17, 15) is 0 Å². The molecule has 0 aliphatic carbocycles. The Balaban J connectivity index is -0.0000000556. The summed E-state index contributed by atoms with van der Waals surface area (Å²) >= 11 is 0. The highest BCUT2D eigenvalue weighted by atomic mass is 15.1. The molecule has 0 aromatic heterocycles. The largest absolute Gasteiger partial charge is 0.392 e. The molecule has 0 rings (SSSR count). The molecule has 5 nitrogen and oxygen atoms in total. The maximum atomic E-state index is 3.81. The average Bonchev–Trinajstić information content (AvgIpc) is 2.66. The van der Waals surface area contributed by atoms with Gasteiger partial charge in [-0.2, -0.15) is 0 Å². The van der Waals surface area contributed by atoms with Crippen LogP contribution in [0.3, 0.4) is 0 Å². The van der Waals surface area contributed by atoms with Crippen LogP contribution >= 0.6 is 0 Å². The Bertz CT molecular complexity index is 528. The van der Waals surface area contributed by atoms with Crippen molar-refractivity contribution in [2.75, 3.05) is 49.3 Å². The molecule has 2 N–H and O–H groups in total. The van der Waals surface area contributed by atoms with Crippen LogP contribution in [-0.4, -0.2) is 75.9 Å². The molecule has 0 aliphatic rings. The minimum atomic E-state index is 0. The van der Waals surface area contributed by atoms with Crippen LogP contribution in [0.2, 0.25) is 0 Å². The number of hydrogen-bond donors (Lipinski definition) is 2. The van der Waals surface area contributed by atoms with Crippen molar-refractivity contribution in [1.29, 1.82) is 0 Å². The molecular weight excluding hydrogens is 430 g/mol. The first-order valence-corrected chi connectivity index (χ1v) is 11.9. The van der Waals surface area contributed by atoms with Crippen molar-refractivity contribution >= 4 is 5.71 Å². The third-order valence-corrected chi connectivity index (χ3v) is 5.06. The number of aliphatic imine (C=N–C) groups is 1. The van der Waals surface area contributed by atoms with E-state index in [4.69, 9.17) is 0 Å². The second-order valence-corrected chi connectivity index (χ2v) is 11.1. The molecule has 0 saturated heterocycles. The molecule has 0 spiro atoms. The predicted molar refractivity (Wildman–Crippen MR) is 171 cm³/mol. The summed E-state index contributed by atoms with van der Waals surface area (Å²) in [6.07, 6.45) is 0. The van der Waals surface area contributed by atoms with Crippen LogP contribution in [0.4, 0.5) is 0 Å². The van der Waals surface area contributed by atoms with Gasteiger partial charge in [0.05, 0.1) is 0 Å². The van der Waals surface area contributed by atoms with Crippen LogP contribution in [0.25, 0.3) is 0 Å². The zero-order chi connectivity index (χ0) is 28.2. The van der Waals surface area contributed by atoms with Crippen LogP contribution in [-0.2, 0) is 0 Å². The Morgan fingerprint density at radius 2 is 0.914 bits per heavy atom. The standard InChI is InChI=1S/C7H15N.C6H15N.C6H13N.C5H13N.C4H9N.2CH4/c1-6(2)7(3)8(4)5;1-6(2,3)7(4)5;1-5(2)6(3)7-4;1-5(2,3)6-4;1-4(2)5-3;;/h1-5H3;1-5H3;7H,1-4H3;6H,1-4H3;1-3H3;2*1H4. The van der Waals surface area contributed by atoms with Gasteiger partial charge in [0.1, 0.15) is 0 Å². The minimum absolute atomic E-state index is 0. The lowest BCUT2D eigenvalue weighted by Crippen LogP contribution is -2.34. The maximum absolute atomic E-state index is 3.81. The summed E-state index contributed by atoms with van der Waals surface area (Å²) in [5.41, 5.74) is 7.10. The molecular formula is C30H73N5. The molecule has 35 heavy (non-hydrogen) atoms. The van der Waals surface area contributed by atoms with E-state index in [0.29, 0.717) is 11.1 Å². The van der Waals surface area contributed by atoms with E-state index in [1.165, 1.54) is 22.5 Å². The Morgan fingerprint density at radius 1 is 0.657 bits per heavy atom. The summed E-state index contributed by atoms with van der Waals surface area (Å²) in [6.45, 7) is 29.5. The Hall–Kier alpha value is -1.33. The first-order chi connectivity index (χ1) is 14.5. The van der Waals surface area contributed by atoms with Gasteiger partial charge in [-0.05, 0) is 118 Å². The predicted octanol–water partition coefficient (Wildman–Crippen LogP) is 8.10. The third kappa shape index (κ3) is 54.9. The number of nitrogens with zero attached hydrogens (tertiary/aromatic N) is 3. The molecule has 218 valence electrons. The van der Waals surface area contributed by atoms with Crippen molar-refractivity contribution in [1.82, 2.24) is 20.4 Å². The molecule has 0 aromatic rings. The lowest BCUT2D eigenvalue weighted by atomic mass is 10.1. The maximum Gasteiger partial charge on any atom is 0.0276 e. The molecule has 0 radical (unpaired) electrons. The molecule has 0 fully saturated rings. The van der Waals surface area contributed by atoms with Gasteiger partial charge >= 0.3 is 0 Å². The quantitative estimate of drug-likeness (QED) is 0.373. The van der Waals surface area contributed by atoms with Crippen molar-refractivity contribution in [2.24, 2.45) is 4.99 Å². The summed E-state index contributed by atoms with van der Waals surface area (Å²) in [6, 6.07) is 0. The van der Waals surface area contributed by atoms with E-state index in [-0.39, 0.29) is 14.9 Å². The van der Waals surface area contributed by atoms with Crippen LogP contribution in [0.5, 0.6) is 0 Å². The smallest absolute Gasteiger partial charge is 0.0276 e. The van der Waals surface area contributed by atoms with Crippen molar-refractivity contribution in [3.63, 3.8) is 0 Å². The molecule has 0 amide bonds. The molecule has 0 aromatic carbocycles. The first-order valence-electron chi connectivity index (χ1n) is 11.9. The normalized spacial score (nSPS) is 9.20. The fourth-order valence-corrected chi connectivity index (χ4v) is 0.697. The van der Waals surface area contributed by atoms with Gasteiger partial charge in [0, 0.05) is 56.4 Å². The second-order valence-electron chi connectivity index (χ2n) is 11.1. The molecule has 5 heteroatoms. The first kappa shape index (κ1) is 50.5. The number of rotatable bonds is 2.